The molecule has 0 amide bonds. The van der Waals surface area contributed by atoms with Crippen molar-refractivity contribution in [2.45, 2.75) is 59.3 Å². The highest BCUT2D eigenvalue weighted by Gasteiger charge is 2.53. The van der Waals surface area contributed by atoms with Crippen LogP contribution in [0.3, 0.4) is 0 Å². The van der Waals surface area contributed by atoms with Gasteiger partial charge in [0.25, 0.3) is 0 Å². The van der Waals surface area contributed by atoms with Crippen molar-refractivity contribution in [3.8, 4) is 0 Å². The van der Waals surface area contributed by atoms with Crippen LogP contribution in [0, 0.1) is 22.7 Å². The fourth-order valence-electron chi connectivity index (χ4n) is 5.71. The van der Waals surface area contributed by atoms with E-state index in [1.54, 1.807) is 0 Å². The molecule has 2 saturated carbocycles. The summed E-state index contributed by atoms with van der Waals surface area (Å²) in [4.78, 5) is 24.2. The Morgan fingerprint density at radius 3 is 2.56 bits per heavy atom. The summed E-state index contributed by atoms with van der Waals surface area (Å²) in [6, 6.07) is 0. The number of hydrogen-bond acceptors (Lipinski definition) is 4. The zero-order valence-corrected chi connectivity index (χ0v) is 15.4. The van der Waals surface area contributed by atoms with E-state index in [-0.39, 0.29) is 28.7 Å². The summed E-state index contributed by atoms with van der Waals surface area (Å²) in [5.41, 5.74) is 1.36. The summed E-state index contributed by atoms with van der Waals surface area (Å²) in [6.07, 6.45) is 6.46. The highest BCUT2D eigenvalue weighted by Crippen LogP contribution is 2.62. The summed E-state index contributed by atoms with van der Waals surface area (Å²) >= 11 is 0. The summed E-state index contributed by atoms with van der Waals surface area (Å²) < 4.78 is 0. The van der Waals surface area contributed by atoms with E-state index in [0.717, 1.165) is 37.3 Å². The van der Waals surface area contributed by atoms with E-state index in [4.69, 9.17) is 0 Å². The van der Waals surface area contributed by atoms with E-state index < -0.39 is 23.1 Å². The number of Topliss-reactive ketones (excluding diaryl/α,β-unsaturated/α-hetero) is 1. The molecule has 0 bridgehead atoms. The SMILES string of the molecule is C=C1CC[C@H]2C(C)(C)CCC[C@@]2(C)[C@H]1CC1=C(O)C(=O)C=C(O)C1=O. The van der Waals surface area contributed by atoms with E-state index in [9.17, 15) is 19.8 Å². The lowest BCUT2D eigenvalue weighted by molar-refractivity contribution is -0.119. The van der Waals surface area contributed by atoms with Crippen molar-refractivity contribution in [2.75, 3.05) is 0 Å². The van der Waals surface area contributed by atoms with Gasteiger partial charge in [-0.3, -0.25) is 9.59 Å². The lowest BCUT2D eigenvalue weighted by Gasteiger charge is -2.58. The number of fused-ring (bicyclic) bond motifs is 1. The Balaban J connectivity index is 1.98. The van der Waals surface area contributed by atoms with Gasteiger partial charge in [0.2, 0.25) is 11.6 Å². The van der Waals surface area contributed by atoms with Gasteiger partial charge in [-0.25, -0.2) is 0 Å². The van der Waals surface area contributed by atoms with E-state index in [1.165, 1.54) is 6.42 Å². The second-order valence-electron chi connectivity index (χ2n) is 8.90. The maximum absolute atomic E-state index is 12.3. The quantitative estimate of drug-likeness (QED) is 0.568. The van der Waals surface area contributed by atoms with Gasteiger partial charge < -0.3 is 10.2 Å². The molecule has 25 heavy (non-hydrogen) atoms. The molecule has 4 heteroatoms. The zero-order chi connectivity index (χ0) is 18.6. The Kier molecular flexibility index (Phi) is 4.21. The largest absolute Gasteiger partial charge is 0.504 e. The maximum atomic E-state index is 12.3. The molecule has 0 saturated heterocycles. The van der Waals surface area contributed by atoms with Crippen molar-refractivity contribution in [3.63, 3.8) is 0 Å². The van der Waals surface area contributed by atoms with Gasteiger partial charge in [0.1, 0.15) is 0 Å². The number of ketones is 2. The molecule has 3 atom stereocenters. The van der Waals surface area contributed by atoms with E-state index >= 15 is 0 Å². The normalized spacial score (nSPS) is 35.5. The number of aliphatic hydroxyl groups excluding tert-OH is 2. The van der Waals surface area contributed by atoms with Gasteiger partial charge >= 0.3 is 0 Å². The molecule has 0 aromatic rings. The fraction of sp³-hybridized carbons (Fsp3) is 0.619. The molecular weight excluding hydrogens is 316 g/mol. The highest BCUT2D eigenvalue weighted by molar-refractivity contribution is 6.20. The van der Waals surface area contributed by atoms with E-state index in [2.05, 4.69) is 27.4 Å². The van der Waals surface area contributed by atoms with Crippen LogP contribution in [0.4, 0.5) is 0 Å². The van der Waals surface area contributed by atoms with Crippen molar-refractivity contribution >= 4 is 11.6 Å². The minimum Gasteiger partial charge on any atom is -0.504 e. The van der Waals surface area contributed by atoms with Gasteiger partial charge in [-0.2, -0.15) is 0 Å². The first kappa shape index (κ1) is 18.0. The Morgan fingerprint density at radius 2 is 1.88 bits per heavy atom. The first-order valence-electron chi connectivity index (χ1n) is 9.17. The van der Waals surface area contributed by atoms with Crippen LogP contribution in [0.1, 0.15) is 59.3 Å². The maximum Gasteiger partial charge on any atom is 0.227 e. The van der Waals surface area contributed by atoms with Gasteiger partial charge in [-0.1, -0.05) is 39.3 Å². The lowest BCUT2D eigenvalue weighted by Crippen LogP contribution is -2.49. The van der Waals surface area contributed by atoms with Gasteiger partial charge in [-0.05, 0) is 54.8 Å². The van der Waals surface area contributed by atoms with Crippen molar-refractivity contribution in [3.05, 3.63) is 35.3 Å². The van der Waals surface area contributed by atoms with Gasteiger partial charge in [0, 0.05) is 11.6 Å². The van der Waals surface area contributed by atoms with Crippen LogP contribution in [0.5, 0.6) is 0 Å². The monoisotopic (exact) mass is 344 g/mol. The average Bonchev–Trinajstić information content (AvgIpc) is 2.51. The molecule has 0 unspecified atom stereocenters. The third kappa shape index (κ3) is 2.76. The Bertz CT molecular complexity index is 709. The number of hydrogen-bond donors (Lipinski definition) is 2. The van der Waals surface area contributed by atoms with Crippen molar-refractivity contribution in [2.24, 2.45) is 22.7 Å². The first-order valence-corrected chi connectivity index (χ1v) is 9.17. The zero-order valence-electron chi connectivity index (χ0n) is 15.4. The Labute approximate surface area is 149 Å². The van der Waals surface area contributed by atoms with Crippen molar-refractivity contribution < 1.29 is 19.8 Å². The minimum atomic E-state index is -0.695. The Morgan fingerprint density at radius 1 is 1.20 bits per heavy atom. The molecule has 0 aliphatic heterocycles. The predicted molar refractivity (Wildman–Crippen MR) is 96.1 cm³/mol. The number of aliphatic hydroxyl groups is 2. The van der Waals surface area contributed by atoms with Crippen molar-refractivity contribution in [1.29, 1.82) is 0 Å². The molecule has 2 N–H and O–H groups in total. The summed E-state index contributed by atoms with van der Waals surface area (Å²) in [6.45, 7) is 11.2. The molecule has 2 fully saturated rings. The van der Waals surface area contributed by atoms with Gasteiger partial charge in [-0.15, -0.1) is 0 Å². The van der Waals surface area contributed by atoms with Crippen LogP contribution in [0.15, 0.2) is 35.3 Å². The molecule has 0 radical (unpaired) electrons. The minimum absolute atomic E-state index is 0.00945. The van der Waals surface area contributed by atoms with Crippen LogP contribution in [-0.4, -0.2) is 21.8 Å². The van der Waals surface area contributed by atoms with Crippen LogP contribution >= 0.6 is 0 Å². The van der Waals surface area contributed by atoms with Gasteiger partial charge in [0.15, 0.2) is 11.5 Å². The topological polar surface area (TPSA) is 74.6 Å². The van der Waals surface area contributed by atoms with Crippen LogP contribution < -0.4 is 0 Å². The number of allylic oxidation sites excluding steroid dienone is 3. The average molecular weight is 344 g/mol. The molecule has 0 aromatic heterocycles. The number of carbonyl (C=O) groups is 2. The Hall–Kier alpha value is -1.84. The number of rotatable bonds is 2. The van der Waals surface area contributed by atoms with Crippen LogP contribution in [0.25, 0.3) is 0 Å². The number of carbonyl (C=O) groups excluding carboxylic acids is 2. The molecule has 3 aliphatic rings. The molecule has 3 aliphatic carbocycles. The van der Waals surface area contributed by atoms with Gasteiger partial charge in [0.05, 0.1) is 0 Å². The molecule has 3 rings (SSSR count). The standard InChI is InChI=1S/C21H28O4/c1-12-6-7-17-20(2,3)8-5-9-21(17,4)14(12)10-13-18(24)15(22)11-16(23)19(13)25/h11,14,17,22,25H,1,5-10H2,2-4H3/t14-,17-,21-/m0/s1. The first-order chi connectivity index (χ1) is 11.6. The fourth-order valence-corrected chi connectivity index (χ4v) is 5.71. The van der Waals surface area contributed by atoms with Crippen LogP contribution in [-0.2, 0) is 9.59 Å². The van der Waals surface area contributed by atoms with Crippen molar-refractivity contribution in [1.82, 2.24) is 0 Å². The second kappa shape index (κ2) is 5.86. The third-order valence-electron chi connectivity index (χ3n) is 7.02. The molecule has 136 valence electrons. The molecule has 0 aromatic carbocycles. The third-order valence-corrected chi connectivity index (χ3v) is 7.02. The molecular formula is C21H28O4. The summed E-state index contributed by atoms with van der Waals surface area (Å²) in [5.74, 6) is -1.87. The molecule has 0 heterocycles. The highest BCUT2D eigenvalue weighted by atomic mass is 16.3. The van der Waals surface area contributed by atoms with Crippen LogP contribution in [0.2, 0.25) is 0 Å². The molecule has 0 spiro atoms. The lowest BCUT2D eigenvalue weighted by atomic mass is 9.47. The van der Waals surface area contributed by atoms with E-state index in [0.29, 0.717) is 5.92 Å². The molecule has 4 nitrogen and oxygen atoms in total. The predicted octanol–water partition coefficient (Wildman–Crippen LogP) is 4.58. The smallest absolute Gasteiger partial charge is 0.227 e. The second-order valence-corrected chi connectivity index (χ2v) is 8.90. The summed E-state index contributed by atoms with van der Waals surface area (Å²) in [5, 5.41) is 19.9. The van der Waals surface area contributed by atoms with E-state index in [1.807, 2.05) is 0 Å². The summed E-state index contributed by atoms with van der Waals surface area (Å²) in [7, 11) is 0.